The summed E-state index contributed by atoms with van der Waals surface area (Å²) in [6, 6.07) is 0. The molecule has 1 aliphatic carbocycles. The van der Waals surface area contributed by atoms with E-state index in [1.54, 1.807) is 0 Å². The highest BCUT2D eigenvalue weighted by atomic mass is 16.5. The molecule has 0 N–H and O–H groups in total. The van der Waals surface area contributed by atoms with Crippen molar-refractivity contribution in [3.63, 3.8) is 0 Å². The minimum Gasteiger partial charge on any atom is -0.381 e. The Morgan fingerprint density at radius 2 is 1.95 bits per heavy atom. The first-order valence-electron chi connectivity index (χ1n) is 9.19. The fourth-order valence-electron chi connectivity index (χ4n) is 4.00. The molecule has 22 heavy (non-hydrogen) atoms. The maximum Gasteiger partial charge on any atom is 0.111 e. The Morgan fingerprint density at radius 3 is 2.68 bits per heavy atom. The van der Waals surface area contributed by atoms with Crippen LogP contribution in [0.5, 0.6) is 0 Å². The molecule has 0 spiro atoms. The van der Waals surface area contributed by atoms with Gasteiger partial charge in [-0.15, -0.1) is 0 Å². The lowest BCUT2D eigenvalue weighted by molar-refractivity contribution is 0.168. The normalized spacial score (nSPS) is 27.5. The molecular formula is C18H29N3O. The first-order chi connectivity index (χ1) is 10.9. The molecule has 122 valence electrons. The number of nitrogens with zero attached hydrogens (tertiary/aromatic N) is 3. The zero-order chi connectivity index (χ0) is 14.8. The largest absolute Gasteiger partial charge is 0.381 e. The molecule has 1 unspecified atom stereocenters. The Hall–Kier alpha value is -0.870. The quantitative estimate of drug-likeness (QED) is 0.809. The first-order valence-corrected chi connectivity index (χ1v) is 9.19. The molecule has 0 radical (unpaired) electrons. The van der Waals surface area contributed by atoms with E-state index < -0.39 is 0 Å². The lowest BCUT2D eigenvalue weighted by Gasteiger charge is -2.32. The van der Waals surface area contributed by atoms with Gasteiger partial charge in [0.2, 0.25) is 0 Å². The van der Waals surface area contributed by atoms with Crippen LogP contribution >= 0.6 is 0 Å². The van der Waals surface area contributed by atoms with E-state index in [4.69, 9.17) is 4.74 Å². The average molecular weight is 303 g/mol. The summed E-state index contributed by atoms with van der Waals surface area (Å²) in [7, 11) is 0. The van der Waals surface area contributed by atoms with Gasteiger partial charge in [0, 0.05) is 38.1 Å². The Kier molecular flexibility index (Phi) is 4.49. The molecule has 1 aromatic heterocycles. The van der Waals surface area contributed by atoms with Crippen LogP contribution in [0.4, 0.5) is 0 Å². The van der Waals surface area contributed by atoms with E-state index >= 15 is 0 Å². The van der Waals surface area contributed by atoms with E-state index in [2.05, 4.69) is 20.6 Å². The van der Waals surface area contributed by atoms with E-state index in [0.29, 0.717) is 5.92 Å². The molecule has 4 rings (SSSR count). The van der Waals surface area contributed by atoms with Crippen LogP contribution in [0.2, 0.25) is 0 Å². The SMILES string of the molecule is c1cn(CC2CC2)c(C2CCN(CCC3CCOC3)CC2)n1. The molecule has 1 atom stereocenters. The highest BCUT2D eigenvalue weighted by molar-refractivity contribution is 5.03. The van der Waals surface area contributed by atoms with Gasteiger partial charge in [-0.05, 0) is 70.0 Å². The molecule has 3 aliphatic rings. The van der Waals surface area contributed by atoms with E-state index in [1.165, 1.54) is 70.5 Å². The molecule has 1 saturated carbocycles. The van der Waals surface area contributed by atoms with Gasteiger partial charge in [-0.1, -0.05) is 0 Å². The molecule has 3 fully saturated rings. The average Bonchev–Trinajstić information content (AvgIpc) is 3.02. The third kappa shape index (κ3) is 3.54. The molecule has 4 heteroatoms. The number of imidazole rings is 1. The zero-order valence-corrected chi connectivity index (χ0v) is 13.6. The Morgan fingerprint density at radius 1 is 1.09 bits per heavy atom. The third-order valence-corrected chi connectivity index (χ3v) is 5.73. The molecule has 0 aromatic carbocycles. The highest BCUT2D eigenvalue weighted by Gasteiger charge is 2.27. The number of hydrogen-bond donors (Lipinski definition) is 0. The van der Waals surface area contributed by atoms with Crippen molar-refractivity contribution in [2.75, 3.05) is 32.8 Å². The number of likely N-dealkylation sites (tertiary alicyclic amines) is 1. The second-order valence-electron chi connectivity index (χ2n) is 7.52. The van der Waals surface area contributed by atoms with Gasteiger partial charge in [-0.3, -0.25) is 0 Å². The van der Waals surface area contributed by atoms with Crippen molar-refractivity contribution in [2.45, 2.75) is 51.0 Å². The number of rotatable bonds is 6. The van der Waals surface area contributed by atoms with E-state index in [1.807, 2.05) is 6.20 Å². The summed E-state index contributed by atoms with van der Waals surface area (Å²) in [6.07, 6.45) is 12.2. The number of aromatic nitrogens is 2. The van der Waals surface area contributed by atoms with Crippen LogP contribution in [0.3, 0.4) is 0 Å². The first kappa shape index (κ1) is 14.7. The van der Waals surface area contributed by atoms with E-state index in [9.17, 15) is 0 Å². The summed E-state index contributed by atoms with van der Waals surface area (Å²) in [5.74, 6) is 3.78. The molecular weight excluding hydrogens is 274 g/mol. The zero-order valence-electron chi connectivity index (χ0n) is 13.6. The van der Waals surface area contributed by atoms with Crippen LogP contribution in [0, 0.1) is 11.8 Å². The fraction of sp³-hybridized carbons (Fsp3) is 0.833. The highest BCUT2D eigenvalue weighted by Crippen LogP contribution is 2.33. The second-order valence-corrected chi connectivity index (χ2v) is 7.52. The lowest BCUT2D eigenvalue weighted by Crippen LogP contribution is -2.35. The third-order valence-electron chi connectivity index (χ3n) is 5.73. The van der Waals surface area contributed by atoms with E-state index in [-0.39, 0.29) is 0 Å². The van der Waals surface area contributed by atoms with Crippen LogP contribution in [-0.2, 0) is 11.3 Å². The van der Waals surface area contributed by atoms with Gasteiger partial charge in [0.25, 0.3) is 0 Å². The van der Waals surface area contributed by atoms with Crippen molar-refractivity contribution in [1.29, 1.82) is 0 Å². The van der Waals surface area contributed by atoms with Crippen molar-refractivity contribution in [3.8, 4) is 0 Å². The van der Waals surface area contributed by atoms with Crippen molar-refractivity contribution in [2.24, 2.45) is 11.8 Å². The van der Waals surface area contributed by atoms with Gasteiger partial charge in [0.1, 0.15) is 5.82 Å². The van der Waals surface area contributed by atoms with Gasteiger partial charge < -0.3 is 14.2 Å². The van der Waals surface area contributed by atoms with Gasteiger partial charge in [-0.25, -0.2) is 4.98 Å². The molecule has 0 bridgehead atoms. The number of hydrogen-bond acceptors (Lipinski definition) is 3. The molecule has 1 aromatic rings. The minimum absolute atomic E-state index is 0.680. The van der Waals surface area contributed by atoms with Crippen LogP contribution in [0.1, 0.15) is 50.3 Å². The maximum absolute atomic E-state index is 5.48. The second kappa shape index (κ2) is 6.71. The summed E-state index contributed by atoms with van der Waals surface area (Å²) in [4.78, 5) is 7.34. The van der Waals surface area contributed by atoms with Crippen molar-refractivity contribution < 1.29 is 4.74 Å². The molecule has 3 heterocycles. The lowest BCUT2D eigenvalue weighted by atomic mass is 9.95. The van der Waals surface area contributed by atoms with Gasteiger partial charge in [-0.2, -0.15) is 0 Å². The maximum atomic E-state index is 5.48. The summed E-state index contributed by atoms with van der Waals surface area (Å²) >= 11 is 0. The topological polar surface area (TPSA) is 30.3 Å². The standard InChI is InChI=1S/C18H29N3O/c1-2-15(1)13-21-11-7-19-18(21)17-4-9-20(10-5-17)8-3-16-6-12-22-14-16/h7,11,15-17H,1-6,8-10,12-14H2. The molecule has 4 nitrogen and oxygen atoms in total. The molecule has 0 amide bonds. The predicted octanol–water partition coefficient (Wildman–Crippen LogP) is 2.90. The van der Waals surface area contributed by atoms with Crippen molar-refractivity contribution >= 4 is 0 Å². The van der Waals surface area contributed by atoms with Crippen LogP contribution in [0.25, 0.3) is 0 Å². The fourth-order valence-corrected chi connectivity index (χ4v) is 4.00. The van der Waals surface area contributed by atoms with Crippen LogP contribution in [0.15, 0.2) is 12.4 Å². The van der Waals surface area contributed by atoms with Crippen molar-refractivity contribution in [3.05, 3.63) is 18.2 Å². The summed E-state index contributed by atoms with van der Waals surface area (Å²) in [6.45, 7) is 6.93. The summed E-state index contributed by atoms with van der Waals surface area (Å²) < 4.78 is 7.92. The van der Waals surface area contributed by atoms with Crippen molar-refractivity contribution in [1.82, 2.24) is 14.5 Å². The molecule has 2 saturated heterocycles. The minimum atomic E-state index is 0.680. The van der Waals surface area contributed by atoms with Gasteiger partial charge in [0.15, 0.2) is 0 Å². The Bertz CT molecular complexity index is 468. The number of ether oxygens (including phenoxy) is 1. The van der Waals surface area contributed by atoms with E-state index in [0.717, 1.165) is 25.0 Å². The monoisotopic (exact) mass is 303 g/mol. The van der Waals surface area contributed by atoms with Crippen LogP contribution in [-0.4, -0.2) is 47.3 Å². The van der Waals surface area contributed by atoms with Gasteiger partial charge >= 0.3 is 0 Å². The van der Waals surface area contributed by atoms with Crippen LogP contribution < -0.4 is 0 Å². The summed E-state index contributed by atoms with van der Waals surface area (Å²) in [5, 5.41) is 0. The predicted molar refractivity (Wildman–Crippen MR) is 86.9 cm³/mol. The van der Waals surface area contributed by atoms with Gasteiger partial charge in [0.05, 0.1) is 0 Å². The Labute approximate surface area is 133 Å². The smallest absolute Gasteiger partial charge is 0.111 e. The number of piperidine rings is 1. The summed E-state index contributed by atoms with van der Waals surface area (Å²) in [5.41, 5.74) is 0. The molecule has 2 aliphatic heterocycles. The Balaban J connectivity index is 1.25.